The van der Waals surface area contributed by atoms with Crippen molar-refractivity contribution in [1.29, 1.82) is 0 Å². The average molecular weight is 900 g/mol. The van der Waals surface area contributed by atoms with Crippen LogP contribution >= 0.6 is 0 Å². The second kappa shape index (κ2) is 60.9. The average Bonchev–Trinajstić information content (AvgIpc) is 3.18. The first-order chi connectivity index (χ1) is 27.3. The van der Waals surface area contributed by atoms with Gasteiger partial charge in [0, 0.05) is 17.9 Å². The molecule has 0 aliphatic heterocycles. The first-order valence-corrected chi connectivity index (χ1v) is 27.3. The summed E-state index contributed by atoms with van der Waals surface area (Å²) in [4.78, 5) is 32.7. The third-order valence-electron chi connectivity index (χ3n) is 10.5. The van der Waals surface area contributed by atoms with E-state index in [0.29, 0.717) is 0 Å². The first-order valence-electron chi connectivity index (χ1n) is 24.4. The van der Waals surface area contributed by atoms with Crippen molar-refractivity contribution in [2.45, 2.75) is 295 Å². The fraction of sp³-hybridized carbons (Fsp3) is 0.939. The number of hydrogen-bond acceptors (Lipinski definition) is 6. The van der Waals surface area contributed by atoms with E-state index in [4.69, 9.17) is 0 Å². The molecular formula is C49H96O6Sn. The predicted octanol–water partition coefficient (Wildman–Crippen LogP) is 12.9. The minimum atomic E-state index is -0.905. The van der Waals surface area contributed by atoms with Gasteiger partial charge in [-0.25, -0.2) is 0 Å². The van der Waals surface area contributed by atoms with Gasteiger partial charge in [0.25, 0.3) is 0 Å². The molecule has 0 aromatic rings. The second-order valence-electron chi connectivity index (χ2n) is 16.1. The molecule has 0 aromatic heterocycles. The van der Waals surface area contributed by atoms with Crippen molar-refractivity contribution in [2.24, 2.45) is 0 Å². The van der Waals surface area contributed by atoms with Crippen LogP contribution in [0.5, 0.6) is 0 Å². The Morgan fingerprint density at radius 1 is 0.250 bits per heavy atom. The van der Waals surface area contributed by atoms with Gasteiger partial charge in [-0.3, -0.25) is 0 Å². The molecule has 0 bridgehead atoms. The number of hydrogen-bond donors (Lipinski definition) is 0. The van der Waals surface area contributed by atoms with Crippen LogP contribution in [0.3, 0.4) is 0 Å². The molecule has 0 saturated heterocycles. The molecule has 0 heterocycles. The molecule has 0 unspecified atom stereocenters. The van der Waals surface area contributed by atoms with Gasteiger partial charge in [-0.15, -0.1) is 0 Å². The van der Waals surface area contributed by atoms with Gasteiger partial charge in [0.15, 0.2) is 0 Å². The Labute approximate surface area is 363 Å². The molecular weight excluding hydrogens is 803 g/mol. The molecule has 0 saturated carbocycles. The molecule has 7 heteroatoms. The normalized spacial score (nSPS) is 10.5. The summed E-state index contributed by atoms with van der Waals surface area (Å²) in [5.41, 5.74) is 0. The van der Waals surface area contributed by atoms with Gasteiger partial charge in [0.1, 0.15) is 0 Å². The van der Waals surface area contributed by atoms with E-state index in [2.05, 4.69) is 25.7 Å². The summed E-state index contributed by atoms with van der Waals surface area (Å²) in [5.74, 6) is -2.71. The zero-order valence-electron chi connectivity index (χ0n) is 38.1. The van der Waals surface area contributed by atoms with Gasteiger partial charge in [-0.1, -0.05) is 252 Å². The van der Waals surface area contributed by atoms with Crippen molar-refractivity contribution in [1.82, 2.24) is 0 Å². The molecule has 332 valence electrons. The molecule has 0 aliphatic rings. The van der Waals surface area contributed by atoms with E-state index in [9.17, 15) is 29.7 Å². The Morgan fingerprint density at radius 2 is 0.357 bits per heavy atom. The van der Waals surface area contributed by atoms with Crippen LogP contribution in [0.25, 0.3) is 0 Å². The van der Waals surface area contributed by atoms with Gasteiger partial charge in [-0.2, -0.15) is 0 Å². The Bertz CT molecular complexity index is 636. The summed E-state index contributed by atoms with van der Waals surface area (Å²) >= 11 is 1.55. The van der Waals surface area contributed by atoms with Crippen LogP contribution in [0.2, 0.25) is 4.94 Å². The van der Waals surface area contributed by atoms with Crippen molar-refractivity contribution in [3.05, 3.63) is 0 Å². The van der Waals surface area contributed by atoms with Crippen LogP contribution in [0.4, 0.5) is 0 Å². The van der Waals surface area contributed by atoms with Crippen LogP contribution in [0.1, 0.15) is 290 Å². The Hall–Kier alpha value is -0.791. The fourth-order valence-corrected chi connectivity index (χ4v) is 6.86. The predicted molar refractivity (Wildman–Crippen MR) is 238 cm³/mol. The molecule has 6 nitrogen and oxygen atoms in total. The molecule has 56 heavy (non-hydrogen) atoms. The van der Waals surface area contributed by atoms with Crippen LogP contribution in [0, 0.1) is 0 Å². The van der Waals surface area contributed by atoms with Gasteiger partial charge >= 0.3 is 27.5 Å². The summed E-state index contributed by atoms with van der Waals surface area (Å²) in [6.45, 7) is 6.77. The molecule has 0 amide bonds. The van der Waals surface area contributed by atoms with E-state index in [-0.39, 0.29) is 19.3 Å². The van der Waals surface area contributed by atoms with Crippen LogP contribution in [-0.4, -0.2) is 40.4 Å². The number of carboxylic acid groups (broad SMARTS) is 3. The van der Waals surface area contributed by atoms with Gasteiger partial charge in [-0.05, 0) is 38.5 Å². The van der Waals surface area contributed by atoms with Crippen molar-refractivity contribution in [2.75, 3.05) is 0 Å². The molecule has 0 radical (unpaired) electrons. The summed E-state index contributed by atoms with van der Waals surface area (Å²) in [5, 5.41) is 30.6. The van der Waals surface area contributed by atoms with E-state index in [1.807, 2.05) is 0 Å². The Kier molecular flexibility index (Phi) is 67.3. The number of unbranched alkanes of at least 4 members (excludes halogenated alkanes) is 36. The number of carbonyl (C=O) groups is 3. The van der Waals surface area contributed by atoms with Gasteiger partial charge in [0.2, 0.25) is 0 Å². The SMILES string of the molecule is CCCCCCCCCCCCCCCC(=O)[O-].CCCCCCCCCCCCCCCC(=O)[O-].CCCCCCCCCCCCCCCC(=O)[O-].[CH3][Sn+3]. The van der Waals surface area contributed by atoms with E-state index >= 15 is 0 Å². The minimum absolute atomic E-state index is 0.234. The Morgan fingerprint density at radius 3 is 0.464 bits per heavy atom. The summed E-state index contributed by atoms with van der Waals surface area (Å²) in [6, 6.07) is 0. The summed E-state index contributed by atoms with van der Waals surface area (Å²) in [7, 11) is 0. The first kappa shape index (κ1) is 61.9. The molecule has 0 fully saturated rings. The van der Waals surface area contributed by atoms with Crippen LogP contribution < -0.4 is 15.3 Å². The zero-order chi connectivity index (χ0) is 42.4. The Balaban J connectivity index is -0.000000354. The van der Waals surface area contributed by atoms with Gasteiger partial charge in [0.05, 0.1) is 0 Å². The van der Waals surface area contributed by atoms with E-state index in [1.54, 1.807) is 22.5 Å². The van der Waals surface area contributed by atoms with E-state index < -0.39 is 17.9 Å². The number of carbonyl (C=O) groups excluding carboxylic acids is 3. The molecule has 0 aliphatic carbocycles. The molecule has 0 N–H and O–H groups in total. The third kappa shape index (κ3) is 74.2. The topological polar surface area (TPSA) is 120 Å². The monoisotopic (exact) mass is 901 g/mol. The fourth-order valence-electron chi connectivity index (χ4n) is 6.86. The van der Waals surface area contributed by atoms with Gasteiger partial charge < -0.3 is 29.7 Å². The maximum absolute atomic E-state index is 10.2. The molecule has 0 rings (SSSR count). The molecule has 0 atom stereocenters. The van der Waals surface area contributed by atoms with Crippen LogP contribution in [0.15, 0.2) is 0 Å². The van der Waals surface area contributed by atoms with E-state index in [1.165, 1.54) is 212 Å². The maximum atomic E-state index is 10.2. The molecule has 0 aromatic carbocycles. The zero-order valence-corrected chi connectivity index (χ0v) is 41.0. The third-order valence-corrected chi connectivity index (χ3v) is 10.5. The standard InChI is InChI=1S/3C16H32O2.CH3.Sn/c3*1-2-3-4-5-6-7-8-9-10-11-12-13-14-15-16(17)18;;/h3*2-15H2,1H3,(H,17,18);1H3;/q;;;;+3/p-3. The number of carboxylic acids is 3. The summed E-state index contributed by atoms with van der Waals surface area (Å²) in [6.07, 6.45) is 50.8. The number of aliphatic carboxylic acids is 3. The van der Waals surface area contributed by atoms with Crippen molar-refractivity contribution < 1.29 is 29.7 Å². The molecule has 0 spiro atoms. The van der Waals surface area contributed by atoms with Crippen LogP contribution in [-0.2, 0) is 14.4 Å². The second-order valence-corrected chi connectivity index (χ2v) is 16.1. The van der Waals surface area contributed by atoms with Crippen molar-refractivity contribution in [3.63, 3.8) is 0 Å². The van der Waals surface area contributed by atoms with E-state index in [0.717, 1.165) is 38.5 Å². The van der Waals surface area contributed by atoms with Crippen molar-refractivity contribution in [3.8, 4) is 0 Å². The summed E-state index contributed by atoms with van der Waals surface area (Å²) < 4.78 is 0. The van der Waals surface area contributed by atoms with Crippen molar-refractivity contribution >= 4 is 40.4 Å². The number of rotatable bonds is 42. The quantitative estimate of drug-likeness (QED) is 0.0444.